The molecule has 0 saturated heterocycles. The summed E-state index contributed by atoms with van der Waals surface area (Å²) in [6.07, 6.45) is 0. The molecule has 1 aromatic carbocycles. The molecule has 0 spiro atoms. The van der Waals surface area contributed by atoms with Crippen molar-refractivity contribution in [3.05, 3.63) is 45.8 Å². The third-order valence-electron chi connectivity index (χ3n) is 2.42. The predicted octanol–water partition coefficient (Wildman–Crippen LogP) is 2.44. The van der Waals surface area contributed by atoms with Gasteiger partial charge in [-0.25, -0.2) is 9.18 Å². The molecule has 0 amide bonds. The first-order valence-corrected chi connectivity index (χ1v) is 6.00. The molecule has 0 saturated carbocycles. The summed E-state index contributed by atoms with van der Waals surface area (Å²) in [6.45, 7) is 6.24. The van der Waals surface area contributed by atoms with Gasteiger partial charge in [0.05, 0.1) is 18.1 Å². The van der Waals surface area contributed by atoms with Crippen molar-refractivity contribution in [1.29, 1.82) is 0 Å². The fraction of sp³-hybridized carbons (Fsp3) is 0.308. The lowest BCUT2D eigenvalue weighted by atomic mass is 10.1. The van der Waals surface area contributed by atoms with E-state index in [1.165, 1.54) is 0 Å². The number of hydrogen-bond donors (Lipinski definition) is 2. The van der Waals surface area contributed by atoms with Crippen molar-refractivity contribution < 1.29 is 24.0 Å². The summed E-state index contributed by atoms with van der Waals surface area (Å²) in [5, 5.41) is 22.3. The number of ether oxygens (including phenoxy) is 1. The van der Waals surface area contributed by atoms with Crippen LogP contribution in [0.2, 0.25) is 0 Å². The fourth-order valence-electron chi connectivity index (χ4n) is 1.52. The molecule has 0 radical (unpaired) electrons. The van der Waals surface area contributed by atoms with Gasteiger partial charge in [-0.15, -0.1) is 0 Å². The maximum atomic E-state index is 13.5. The van der Waals surface area contributed by atoms with Crippen LogP contribution in [-0.2, 0) is 4.74 Å². The number of nitro groups is 1. The van der Waals surface area contributed by atoms with Crippen LogP contribution < -0.4 is 5.32 Å². The van der Waals surface area contributed by atoms with E-state index in [1.54, 1.807) is 6.92 Å². The number of nitrogens with one attached hydrogen (secondary N) is 1. The Morgan fingerprint density at radius 2 is 2.24 bits per heavy atom. The minimum atomic E-state index is -1.56. The maximum absolute atomic E-state index is 13.5. The van der Waals surface area contributed by atoms with Crippen LogP contribution in [0, 0.1) is 15.9 Å². The van der Waals surface area contributed by atoms with E-state index in [1.807, 2.05) is 0 Å². The van der Waals surface area contributed by atoms with Gasteiger partial charge in [0, 0.05) is 18.7 Å². The number of carboxylic acid groups (broad SMARTS) is 1. The second-order valence-corrected chi connectivity index (χ2v) is 4.35. The zero-order chi connectivity index (χ0) is 16.0. The van der Waals surface area contributed by atoms with E-state index >= 15 is 0 Å². The Kier molecular flexibility index (Phi) is 5.79. The van der Waals surface area contributed by atoms with Gasteiger partial charge in [0.2, 0.25) is 0 Å². The van der Waals surface area contributed by atoms with Crippen molar-refractivity contribution >= 4 is 17.3 Å². The number of rotatable bonds is 8. The van der Waals surface area contributed by atoms with Gasteiger partial charge in [0.15, 0.2) is 0 Å². The molecule has 0 aromatic heterocycles. The third kappa shape index (κ3) is 4.84. The average Bonchev–Trinajstić information content (AvgIpc) is 2.37. The van der Waals surface area contributed by atoms with Crippen LogP contribution in [-0.4, -0.2) is 35.8 Å². The summed E-state index contributed by atoms with van der Waals surface area (Å²) >= 11 is 0. The molecule has 0 aliphatic rings. The van der Waals surface area contributed by atoms with Crippen molar-refractivity contribution in [2.24, 2.45) is 0 Å². The summed E-state index contributed by atoms with van der Waals surface area (Å²) in [5.41, 5.74) is -0.515. The molecule has 0 aliphatic carbocycles. The normalized spacial score (nSPS) is 10.2. The molecule has 0 bridgehead atoms. The first-order valence-electron chi connectivity index (χ1n) is 6.00. The van der Waals surface area contributed by atoms with Gasteiger partial charge in [-0.2, -0.15) is 0 Å². The van der Waals surface area contributed by atoms with E-state index in [4.69, 9.17) is 9.84 Å². The van der Waals surface area contributed by atoms with Gasteiger partial charge < -0.3 is 15.2 Å². The van der Waals surface area contributed by atoms with Crippen LogP contribution in [0.4, 0.5) is 15.8 Å². The molecular weight excluding hydrogens is 283 g/mol. The van der Waals surface area contributed by atoms with Crippen molar-refractivity contribution in [3.8, 4) is 0 Å². The largest absolute Gasteiger partial charge is 0.478 e. The lowest BCUT2D eigenvalue weighted by Crippen LogP contribution is -2.12. The minimum Gasteiger partial charge on any atom is -0.478 e. The monoisotopic (exact) mass is 298 g/mol. The highest BCUT2D eigenvalue weighted by Gasteiger charge is 2.21. The predicted molar refractivity (Wildman–Crippen MR) is 74.1 cm³/mol. The highest BCUT2D eigenvalue weighted by Crippen LogP contribution is 2.27. The molecule has 7 nitrogen and oxygen atoms in total. The molecule has 114 valence electrons. The Morgan fingerprint density at radius 3 is 2.76 bits per heavy atom. The molecule has 0 unspecified atom stereocenters. The van der Waals surface area contributed by atoms with Crippen molar-refractivity contribution in [2.45, 2.75) is 6.92 Å². The molecule has 1 rings (SSSR count). The highest BCUT2D eigenvalue weighted by atomic mass is 19.1. The molecular formula is C13H15FN2O5. The number of nitro benzene ring substituents is 1. The lowest BCUT2D eigenvalue weighted by Gasteiger charge is -2.09. The van der Waals surface area contributed by atoms with Crippen molar-refractivity contribution in [3.63, 3.8) is 0 Å². The topological polar surface area (TPSA) is 102 Å². The number of benzene rings is 1. The number of nitrogens with zero attached hydrogens (tertiary/aromatic N) is 1. The van der Waals surface area contributed by atoms with Crippen molar-refractivity contribution in [2.75, 3.05) is 25.1 Å². The van der Waals surface area contributed by atoms with E-state index in [-0.39, 0.29) is 18.8 Å². The number of carbonyl (C=O) groups is 1. The van der Waals surface area contributed by atoms with Gasteiger partial charge in [-0.1, -0.05) is 12.2 Å². The minimum absolute atomic E-state index is 0.0959. The summed E-state index contributed by atoms with van der Waals surface area (Å²) < 4.78 is 18.7. The van der Waals surface area contributed by atoms with Crippen molar-refractivity contribution in [1.82, 2.24) is 0 Å². The number of hydrogen-bond acceptors (Lipinski definition) is 5. The van der Waals surface area contributed by atoms with Gasteiger partial charge >= 0.3 is 5.97 Å². The SMILES string of the molecule is C=C(C)COCCNc1cc(F)c(C(=O)O)cc1[N+](=O)[O-]. The zero-order valence-corrected chi connectivity index (χ0v) is 11.4. The van der Waals surface area contributed by atoms with E-state index in [0.717, 1.165) is 11.6 Å². The van der Waals surface area contributed by atoms with Gasteiger partial charge in [0.25, 0.3) is 5.69 Å². The Balaban J connectivity index is 2.81. The Morgan fingerprint density at radius 1 is 1.57 bits per heavy atom. The molecule has 0 fully saturated rings. The Bertz CT molecular complexity index is 574. The smallest absolute Gasteiger partial charge is 0.338 e. The van der Waals surface area contributed by atoms with Gasteiger partial charge in [-0.3, -0.25) is 10.1 Å². The fourth-order valence-corrected chi connectivity index (χ4v) is 1.52. The summed E-state index contributed by atoms with van der Waals surface area (Å²) in [6, 6.07) is 1.48. The standard InChI is InChI=1S/C13H15FN2O5/c1-8(2)7-21-4-3-15-11-6-10(14)9(13(17)18)5-12(11)16(19)20/h5-6,15H,1,3-4,7H2,2H3,(H,17,18). The number of aromatic carboxylic acids is 1. The first-order chi connectivity index (χ1) is 9.82. The van der Waals surface area contributed by atoms with Crippen LogP contribution in [0.15, 0.2) is 24.3 Å². The second-order valence-electron chi connectivity index (χ2n) is 4.35. The Labute approximate surface area is 120 Å². The maximum Gasteiger partial charge on any atom is 0.338 e. The average molecular weight is 298 g/mol. The van der Waals surface area contributed by atoms with Crippen LogP contribution in [0.3, 0.4) is 0 Å². The molecule has 0 aliphatic heterocycles. The summed E-state index contributed by atoms with van der Waals surface area (Å²) in [7, 11) is 0. The van der Waals surface area contributed by atoms with E-state index in [0.29, 0.717) is 12.7 Å². The highest BCUT2D eigenvalue weighted by molar-refractivity contribution is 5.90. The quantitative estimate of drug-likeness (QED) is 0.331. The van der Waals surface area contributed by atoms with Gasteiger partial charge in [0.1, 0.15) is 17.1 Å². The molecule has 21 heavy (non-hydrogen) atoms. The first kappa shape index (κ1) is 16.6. The lowest BCUT2D eigenvalue weighted by molar-refractivity contribution is -0.384. The molecule has 0 heterocycles. The van der Waals surface area contributed by atoms with Crippen LogP contribution >= 0.6 is 0 Å². The van der Waals surface area contributed by atoms with Crippen LogP contribution in [0.25, 0.3) is 0 Å². The van der Waals surface area contributed by atoms with E-state index in [9.17, 15) is 19.3 Å². The van der Waals surface area contributed by atoms with E-state index < -0.39 is 28.0 Å². The van der Waals surface area contributed by atoms with E-state index in [2.05, 4.69) is 11.9 Å². The zero-order valence-electron chi connectivity index (χ0n) is 11.4. The molecule has 8 heteroatoms. The summed E-state index contributed by atoms with van der Waals surface area (Å²) in [5.74, 6) is -2.61. The van der Waals surface area contributed by atoms with Gasteiger partial charge in [-0.05, 0) is 6.92 Å². The Hall–Kier alpha value is -2.48. The number of carboxylic acids is 1. The van der Waals surface area contributed by atoms with Crippen LogP contribution in [0.5, 0.6) is 0 Å². The molecule has 1 aromatic rings. The number of anilines is 1. The summed E-state index contributed by atoms with van der Waals surface area (Å²) in [4.78, 5) is 20.9. The molecule has 2 N–H and O–H groups in total. The van der Waals surface area contributed by atoms with Crippen LogP contribution in [0.1, 0.15) is 17.3 Å². The molecule has 0 atom stereocenters. The second kappa shape index (κ2) is 7.34. The third-order valence-corrected chi connectivity index (χ3v) is 2.42. The number of halogens is 1.